The van der Waals surface area contributed by atoms with Gasteiger partial charge in [0.25, 0.3) is 0 Å². The van der Waals surface area contributed by atoms with E-state index in [1.54, 1.807) is 0 Å². The molecule has 0 fully saturated rings. The van der Waals surface area contributed by atoms with Crippen molar-refractivity contribution >= 4 is 27.5 Å². The maximum Gasteiger partial charge on any atom is 0.145 e. The Morgan fingerprint density at radius 3 is 2.59 bits per heavy atom. The van der Waals surface area contributed by atoms with Crippen LogP contribution in [0.5, 0.6) is 0 Å². The van der Waals surface area contributed by atoms with Crippen LogP contribution in [0.15, 0.2) is 55.0 Å². The molecule has 4 rings (SSSR count). The van der Waals surface area contributed by atoms with E-state index >= 15 is 0 Å². The van der Waals surface area contributed by atoms with Gasteiger partial charge < -0.3 is 0 Å². The zero-order valence-electron chi connectivity index (χ0n) is 9.04. The molecule has 80 valence electrons. The van der Waals surface area contributed by atoms with E-state index in [4.69, 9.17) is 0 Å². The van der Waals surface area contributed by atoms with E-state index in [-0.39, 0.29) is 0 Å². The first kappa shape index (κ1) is 8.70. The lowest BCUT2D eigenvalue weighted by atomic mass is 10.1. The van der Waals surface area contributed by atoms with E-state index in [0.29, 0.717) is 0 Å². The first-order valence-electron chi connectivity index (χ1n) is 5.54. The lowest BCUT2D eigenvalue weighted by Gasteiger charge is -2.06. The zero-order chi connectivity index (χ0) is 11.2. The molecule has 0 atom stereocenters. The molecule has 0 amide bonds. The molecule has 0 aliphatic heterocycles. The van der Waals surface area contributed by atoms with Gasteiger partial charge in [-0.25, -0.2) is 4.98 Å². The molecule has 3 heteroatoms. The highest BCUT2D eigenvalue weighted by Gasteiger charge is 2.08. The lowest BCUT2D eigenvalue weighted by Crippen LogP contribution is -1.92. The molecule has 3 nitrogen and oxygen atoms in total. The van der Waals surface area contributed by atoms with Gasteiger partial charge in [-0.05, 0) is 30.3 Å². The van der Waals surface area contributed by atoms with Crippen LogP contribution in [0.4, 0.5) is 0 Å². The molecule has 0 bridgehead atoms. The fourth-order valence-corrected chi connectivity index (χ4v) is 2.38. The summed E-state index contributed by atoms with van der Waals surface area (Å²) in [6.07, 6.45) is 5.68. The third-order valence-corrected chi connectivity index (χ3v) is 3.10. The minimum Gasteiger partial charge on any atom is -0.299 e. The van der Waals surface area contributed by atoms with E-state index in [2.05, 4.69) is 32.6 Å². The van der Waals surface area contributed by atoms with Crippen LogP contribution in [0, 0.1) is 0 Å². The molecule has 17 heavy (non-hydrogen) atoms. The molecule has 4 heterocycles. The Bertz CT molecular complexity index is 776. The highest BCUT2D eigenvalue weighted by Crippen LogP contribution is 2.26. The third-order valence-electron chi connectivity index (χ3n) is 3.10. The van der Waals surface area contributed by atoms with Crippen LogP contribution in [0.25, 0.3) is 27.5 Å². The van der Waals surface area contributed by atoms with Crippen LogP contribution in [-0.4, -0.2) is 14.4 Å². The molecule has 0 radical (unpaired) electrons. The molecular weight excluding hydrogens is 210 g/mol. The monoisotopic (exact) mass is 219 g/mol. The molecule has 0 aromatic carbocycles. The SMILES string of the molecule is c1cnc2c(c1)c1cccnc1n1cccc21. The van der Waals surface area contributed by atoms with E-state index in [0.717, 1.165) is 27.5 Å². The Hall–Kier alpha value is -2.42. The van der Waals surface area contributed by atoms with Gasteiger partial charge in [0.2, 0.25) is 0 Å². The summed E-state index contributed by atoms with van der Waals surface area (Å²) in [5, 5.41) is 2.29. The normalized spacial score (nSPS) is 11.5. The predicted octanol–water partition coefficient (Wildman–Crippen LogP) is 3.04. The van der Waals surface area contributed by atoms with Crippen LogP contribution in [-0.2, 0) is 0 Å². The average molecular weight is 219 g/mol. The molecular formula is C14H9N3. The molecule has 0 saturated carbocycles. The van der Waals surface area contributed by atoms with Crippen molar-refractivity contribution in [1.82, 2.24) is 14.4 Å². The summed E-state index contributed by atoms with van der Waals surface area (Å²) in [5.41, 5.74) is 3.11. The van der Waals surface area contributed by atoms with Crippen molar-refractivity contribution in [2.75, 3.05) is 0 Å². The molecule has 0 unspecified atom stereocenters. The third kappa shape index (κ3) is 1.05. The first-order chi connectivity index (χ1) is 8.45. The van der Waals surface area contributed by atoms with E-state index in [1.165, 1.54) is 0 Å². The minimum atomic E-state index is 0.980. The Morgan fingerprint density at radius 1 is 0.824 bits per heavy atom. The quantitative estimate of drug-likeness (QED) is 0.425. The van der Waals surface area contributed by atoms with Crippen LogP contribution in [0.2, 0.25) is 0 Å². The van der Waals surface area contributed by atoms with Crippen molar-refractivity contribution in [1.29, 1.82) is 0 Å². The van der Waals surface area contributed by atoms with Crippen molar-refractivity contribution in [2.45, 2.75) is 0 Å². The van der Waals surface area contributed by atoms with Gasteiger partial charge in [0.15, 0.2) is 0 Å². The largest absolute Gasteiger partial charge is 0.299 e. The summed E-state index contributed by atoms with van der Waals surface area (Å²) in [6, 6.07) is 12.2. The van der Waals surface area contributed by atoms with E-state index in [1.807, 2.05) is 36.8 Å². The van der Waals surface area contributed by atoms with Gasteiger partial charge in [-0.2, -0.15) is 0 Å². The number of fused-ring (bicyclic) bond motifs is 6. The van der Waals surface area contributed by atoms with Crippen LogP contribution in [0.1, 0.15) is 0 Å². The van der Waals surface area contributed by atoms with Crippen molar-refractivity contribution in [3.63, 3.8) is 0 Å². The predicted molar refractivity (Wildman–Crippen MR) is 68.0 cm³/mol. The second kappa shape index (κ2) is 3.04. The van der Waals surface area contributed by atoms with Gasteiger partial charge in [-0.15, -0.1) is 0 Å². The molecule has 4 aromatic rings. The second-order valence-electron chi connectivity index (χ2n) is 4.04. The van der Waals surface area contributed by atoms with E-state index in [9.17, 15) is 0 Å². The van der Waals surface area contributed by atoms with Crippen LogP contribution in [0.3, 0.4) is 0 Å². The topological polar surface area (TPSA) is 30.2 Å². The fraction of sp³-hybridized carbons (Fsp3) is 0. The summed E-state index contributed by atoms with van der Waals surface area (Å²) < 4.78 is 2.09. The molecule has 4 aromatic heterocycles. The van der Waals surface area contributed by atoms with Crippen molar-refractivity contribution < 1.29 is 0 Å². The summed E-state index contributed by atoms with van der Waals surface area (Å²) in [6.45, 7) is 0. The summed E-state index contributed by atoms with van der Waals surface area (Å²) in [7, 11) is 0. The summed E-state index contributed by atoms with van der Waals surface area (Å²) in [5.74, 6) is 0. The van der Waals surface area contributed by atoms with Crippen molar-refractivity contribution in [2.24, 2.45) is 0 Å². The smallest absolute Gasteiger partial charge is 0.145 e. The molecule has 0 aliphatic carbocycles. The maximum absolute atomic E-state index is 4.48. The lowest BCUT2D eigenvalue weighted by molar-refractivity contribution is 1.20. The first-order valence-corrected chi connectivity index (χ1v) is 5.54. The average Bonchev–Trinajstić information content (AvgIpc) is 2.89. The van der Waals surface area contributed by atoms with Gasteiger partial charge in [-0.1, -0.05) is 6.07 Å². The van der Waals surface area contributed by atoms with Crippen molar-refractivity contribution in [3.8, 4) is 0 Å². The van der Waals surface area contributed by atoms with Crippen LogP contribution >= 0.6 is 0 Å². The fourth-order valence-electron chi connectivity index (χ4n) is 2.38. The molecule has 0 aliphatic rings. The number of pyridine rings is 3. The van der Waals surface area contributed by atoms with Gasteiger partial charge in [0, 0.05) is 29.4 Å². The highest BCUT2D eigenvalue weighted by atomic mass is 15.0. The standard InChI is InChI=1S/C14H9N3/c1-4-10-11-5-2-8-16-14(11)17-9-3-6-12(17)13(10)15-7-1/h1-9H. The number of aromatic nitrogens is 3. The van der Waals surface area contributed by atoms with Crippen LogP contribution < -0.4 is 0 Å². The summed E-state index contributed by atoms with van der Waals surface area (Å²) >= 11 is 0. The molecule has 0 N–H and O–H groups in total. The zero-order valence-corrected chi connectivity index (χ0v) is 9.04. The Labute approximate surface area is 97.4 Å². The molecule has 0 saturated heterocycles. The number of hydrogen-bond acceptors (Lipinski definition) is 2. The van der Waals surface area contributed by atoms with Gasteiger partial charge in [-0.3, -0.25) is 9.38 Å². The minimum absolute atomic E-state index is 0.980. The van der Waals surface area contributed by atoms with Crippen molar-refractivity contribution in [3.05, 3.63) is 55.0 Å². The van der Waals surface area contributed by atoms with Gasteiger partial charge in [0.05, 0.1) is 11.0 Å². The summed E-state index contributed by atoms with van der Waals surface area (Å²) in [4.78, 5) is 8.95. The maximum atomic E-state index is 4.48. The Kier molecular flexibility index (Phi) is 1.56. The van der Waals surface area contributed by atoms with E-state index < -0.39 is 0 Å². The van der Waals surface area contributed by atoms with Gasteiger partial charge >= 0.3 is 0 Å². The second-order valence-corrected chi connectivity index (χ2v) is 4.04. The Balaban J connectivity index is 2.48. The number of rotatable bonds is 0. The van der Waals surface area contributed by atoms with Gasteiger partial charge in [0.1, 0.15) is 5.65 Å². The number of hydrogen-bond donors (Lipinski definition) is 0. The Morgan fingerprint density at radius 2 is 1.65 bits per heavy atom. The number of nitrogens with zero attached hydrogens (tertiary/aromatic N) is 3. The highest BCUT2D eigenvalue weighted by molar-refractivity contribution is 6.09. The molecule has 0 spiro atoms.